The number of fused-ring (bicyclic) bond motifs is 3. The van der Waals surface area contributed by atoms with E-state index in [9.17, 15) is 9.90 Å². The fourth-order valence-corrected chi connectivity index (χ4v) is 5.19. The Hall–Kier alpha value is -1.91. The van der Waals surface area contributed by atoms with Crippen molar-refractivity contribution in [2.24, 2.45) is 0 Å². The number of carboxylic acids is 1. The van der Waals surface area contributed by atoms with Crippen LogP contribution in [0.15, 0.2) is 24.3 Å². The zero-order valence-electron chi connectivity index (χ0n) is 13.9. The van der Waals surface area contributed by atoms with E-state index in [1.54, 1.807) is 11.3 Å². The highest BCUT2D eigenvalue weighted by atomic mass is 35.5. The van der Waals surface area contributed by atoms with Gasteiger partial charge in [-0.1, -0.05) is 23.7 Å². The predicted octanol–water partition coefficient (Wildman–Crippen LogP) is 5.43. The molecule has 3 aromatic rings. The van der Waals surface area contributed by atoms with Gasteiger partial charge in [-0.3, -0.25) is 4.79 Å². The van der Waals surface area contributed by atoms with E-state index < -0.39 is 5.97 Å². The zero-order valence-corrected chi connectivity index (χ0v) is 15.5. The Bertz CT molecular complexity index is 976. The summed E-state index contributed by atoms with van der Waals surface area (Å²) in [4.78, 5) is 18.7. The zero-order chi connectivity index (χ0) is 17.6. The van der Waals surface area contributed by atoms with Crippen molar-refractivity contribution in [1.82, 2.24) is 4.98 Å². The first-order valence-corrected chi connectivity index (χ1v) is 9.65. The van der Waals surface area contributed by atoms with Crippen molar-refractivity contribution in [2.45, 2.75) is 39.0 Å². The van der Waals surface area contributed by atoms with Crippen LogP contribution >= 0.6 is 22.9 Å². The third-order valence-corrected chi connectivity index (χ3v) is 6.31. The minimum absolute atomic E-state index is 0.0165. The highest BCUT2D eigenvalue weighted by Gasteiger charge is 2.24. The number of carbonyl (C=O) groups is 1. The summed E-state index contributed by atoms with van der Waals surface area (Å²) >= 11 is 7.83. The first-order valence-electron chi connectivity index (χ1n) is 8.46. The molecule has 0 amide bonds. The van der Waals surface area contributed by atoms with E-state index >= 15 is 0 Å². The van der Waals surface area contributed by atoms with Crippen LogP contribution in [0.25, 0.3) is 21.3 Å². The number of halogens is 1. The van der Waals surface area contributed by atoms with Gasteiger partial charge in [-0.05, 0) is 67.0 Å². The van der Waals surface area contributed by atoms with Gasteiger partial charge in [0.2, 0.25) is 0 Å². The number of rotatable bonds is 3. The lowest BCUT2D eigenvalue weighted by molar-refractivity contribution is -0.136. The van der Waals surface area contributed by atoms with E-state index in [1.165, 1.54) is 23.3 Å². The van der Waals surface area contributed by atoms with Crippen LogP contribution in [0.1, 0.15) is 34.5 Å². The summed E-state index contributed by atoms with van der Waals surface area (Å²) in [6.07, 6.45) is 4.53. The van der Waals surface area contributed by atoms with Crippen molar-refractivity contribution >= 4 is 39.1 Å². The Kier molecular flexibility index (Phi) is 4.26. The minimum atomic E-state index is -0.830. The molecule has 5 heteroatoms. The maximum Gasteiger partial charge on any atom is 0.307 e. The number of nitrogens with zero attached hydrogens (tertiary/aromatic N) is 1. The third kappa shape index (κ3) is 2.94. The Morgan fingerprint density at radius 1 is 1.24 bits per heavy atom. The van der Waals surface area contributed by atoms with Crippen LogP contribution in [0, 0.1) is 6.92 Å². The third-order valence-electron chi connectivity index (χ3n) is 4.87. The van der Waals surface area contributed by atoms with Crippen molar-refractivity contribution in [3.63, 3.8) is 0 Å². The Morgan fingerprint density at radius 3 is 2.68 bits per heavy atom. The van der Waals surface area contributed by atoms with Crippen molar-refractivity contribution in [1.29, 1.82) is 0 Å². The Balaban J connectivity index is 2.08. The molecule has 0 fully saturated rings. The Morgan fingerprint density at radius 2 is 1.96 bits per heavy atom. The van der Waals surface area contributed by atoms with Crippen LogP contribution in [0.3, 0.4) is 0 Å². The van der Waals surface area contributed by atoms with Gasteiger partial charge in [0, 0.05) is 21.0 Å². The lowest BCUT2D eigenvalue weighted by atomic mass is 9.89. The lowest BCUT2D eigenvalue weighted by Gasteiger charge is -2.16. The molecule has 4 rings (SSSR count). The van der Waals surface area contributed by atoms with E-state index in [2.05, 4.69) is 0 Å². The second-order valence-electron chi connectivity index (χ2n) is 6.52. The molecule has 2 aromatic heterocycles. The van der Waals surface area contributed by atoms with E-state index in [0.29, 0.717) is 5.02 Å². The molecule has 0 radical (unpaired) electrons. The molecular weight excluding hydrogens is 354 g/mol. The number of carboxylic acid groups (broad SMARTS) is 1. The van der Waals surface area contributed by atoms with Crippen LogP contribution in [0.2, 0.25) is 5.02 Å². The fourth-order valence-electron chi connectivity index (χ4n) is 3.74. The molecule has 128 valence electrons. The standard InChI is InChI=1S/C20H18ClNO2S/c1-11-15(10-17(23)24)18(12-6-8-13(21)9-7-12)19-14-4-2-3-5-16(14)25-20(19)22-11/h6-9H,2-5,10H2,1H3,(H,23,24). The summed E-state index contributed by atoms with van der Waals surface area (Å²) in [6.45, 7) is 1.91. The van der Waals surface area contributed by atoms with Gasteiger partial charge in [-0.2, -0.15) is 0 Å². The maximum absolute atomic E-state index is 11.5. The summed E-state index contributed by atoms with van der Waals surface area (Å²) in [5.41, 5.74) is 5.03. The van der Waals surface area contributed by atoms with Crippen LogP contribution in [-0.4, -0.2) is 16.1 Å². The van der Waals surface area contributed by atoms with Gasteiger partial charge in [-0.15, -0.1) is 11.3 Å². The highest BCUT2D eigenvalue weighted by molar-refractivity contribution is 7.19. The molecule has 1 aliphatic carbocycles. The highest BCUT2D eigenvalue weighted by Crippen LogP contribution is 2.43. The molecule has 0 saturated heterocycles. The molecule has 1 aromatic carbocycles. The number of pyridine rings is 1. The largest absolute Gasteiger partial charge is 0.481 e. The predicted molar refractivity (Wildman–Crippen MR) is 103 cm³/mol. The van der Waals surface area contributed by atoms with Gasteiger partial charge in [0.15, 0.2) is 0 Å². The van der Waals surface area contributed by atoms with Crippen molar-refractivity contribution < 1.29 is 9.90 Å². The molecule has 25 heavy (non-hydrogen) atoms. The summed E-state index contributed by atoms with van der Waals surface area (Å²) in [6, 6.07) is 7.69. The van der Waals surface area contributed by atoms with Crippen molar-refractivity contribution in [3.8, 4) is 11.1 Å². The number of aryl methyl sites for hydroxylation is 3. The van der Waals surface area contributed by atoms with Crippen LogP contribution in [0.5, 0.6) is 0 Å². The summed E-state index contributed by atoms with van der Waals surface area (Å²) < 4.78 is 0. The number of aromatic nitrogens is 1. The van der Waals surface area contributed by atoms with Crippen LogP contribution < -0.4 is 0 Å². The van der Waals surface area contributed by atoms with Gasteiger partial charge in [0.05, 0.1) is 6.42 Å². The van der Waals surface area contributed by atoms with Gasteiger partial charge >= 0.3 is 5.97 Å². The maximum atomic E-state index is 11.5. The molecule has 0 atom stereocenters. The van der Waals surface area contributed by atoms with Crippen molar-refractivity contribution in [2.75, 3.05) is 0 Å². The average molecular weight is 372 g/mol. The van der Waals surface area contributed by atoms with Crippen molar-refractivity contribution in [3.05, 3.63) is 51.0 Å². The second-order valence-corrected chi connectivity index (χ2v) is 8.04. The monoisotopic (exact) mass is 371 g/mol. The first-order chi connectivity index (χ1) is 12.0. The number of hydrogen-bond acceptors (Lipinski definition) is 3. The summed E-state index contributed by atoms with van der Waals surface area (Å²) in [7, 11) is 0. The molecule has 0 aliphatic heterocycles. The molecule has 3 nitrogen and oxygen atoms in total. The van der Waals surface area contributed by atoms with E-state index in [4.69, 9.17) is 16.6 Å². The topological polar surface area (TPSA) is 50.2 Å². The molecule has 1 N–H and O–H groups in total. The van der Waals surface area contributed by atoms with Crippen LogP contribution in [-0.2, 0) is 24.1 Å². The molecule has 2 heterocycles. The number of hydrogen-bond donors (Lipinski definition) is 1. The lowest BCUT2D eigenvalue weighted by Crippen LogP contribution is -2.07. The number of aliphatic carboxylic acids is 1. The molecule has 0 unspecified atom stereocenters. The minimum Gasteiger partial charge on any atom is -0.481 e. The smallest absolute Gasteiger partial charge is 0.307 e. The summed E-state index contributed by atoms with van der Waals surface area (Å²) in [5.74, 6) is -0.830. The molecule has 1 aliphatic rings. The molecule has 0 spiro atoms. The van der Waals surface area contributed by atoms with E-state index in [-0.39, 0.29) is 6.42 Å². The van der Waals surface area contributed by atoms with Gasteiger partial charge in [0.25, 0.3) is 0 Å². The van der Waals surface area contributed by atoms with Gasteiger partial charge < -0.3 is 5.11 Å². The molecule has 0 bridgehead atoms. The normalized spacial score (nSPS) is 13.8. The Labute approximate surface area is 155 Å². The number of benzene rings is 1. The summed E-state index contributed by atoms with van der Waals surface area (Å²) in [5, 5.41) is 11.3. The van der Waals surface area contributed by atoms with Gasteiger partial charge in [0.1, 0.15) is 4.83 Å². The molecular formula is C20H18ClNO2S. The van der Waals surface area contributed by atoms with E-state index in [0.717, 1.165) is 45.4 Å². The second kappa shape index (κ2) is 6.43. The number of thiophene rings is 1. The van der Waals surface area contributed by atoms with E-state index in [1.807, 2.05) is 31.2 Å². The SMILES string of the molecule is Cc1nc2sc3c(c2c(-c2ccc(Cl)cc2)c1CC(=O)O)CCCC3. The van der Waals surface area contributed by atoms with Gasteiger partial charge in [-0.25, -0.2) is 4.98 Å². The first kappa shape index (κ1) is 16.6. The quantitative estimate of drug-likeness (QED) is 0.667. The average Bonchev–Trinajstić information content (AvgIpc) is 2.94. The molecule has 0 saturated carbocycles. The fraction of sp³-hybridized carbons (Fsp3) is 0.300. The van der Waals surface area contributed by atoms with Crippen LogP contribution in [0.4, 0.5) is 0 Å².